The minimum Gasteiger partial charge on any atom is -0.497 e. The van der Waals surface area contributed by atoms with Crippen LogP contribution in [0.4, 0.5) is 9.18 Å². The average Bonchev–Trinajstić information content (AvgIpc) is 3.05. The fraction of sp³-hybridized carbons (Fsp3) is 0.400. The summed E-state index contributed by atoms with van der Waals surface area (Å²) in [4.78, 5) is 18.4. The summed E-state index contributed by atoms with van der Waals surface area (Å²) < 4.78 is 30.9. The summed E-state index contributed by atoms with van der Waals surface area (Å²) in [6, 6.07) is 9.30. The van der Waals surface area contributed by atoms with Crippen LogP contribution in [0.2, 0.25) is 0 Å². The fourth-order valence-electron chi connectivity index (χ4n) is 2.92. The highest BCUT2D eigenvalue weighted by molar-refractivity contribution is 5.70. The Bertz CT molecular complexity index is 804. The molecule has 144 valence electrons. The van der Waals surface area contributed by atoms with Gasteiger partial charge in [-0.1, -0.05) is 12.1 Å². The van der Waals surface area contributed by atoms with Gasteiger partial charge in [0.1, 0.15) is 28.9 Å². The fourth-order valence-corrected chi connectivity index (χ4v) is 2.92. The van der Waals surface area contributed by atoms with E-state index in [0.717, 1.165) is 5.56 Å². The number of rotatable bonds is 3. The van der Waals surface area contributed by atoms with E-state index in [-0.39, 0.29) is 12.3 Å². The molecule has 0 spiro atoms. The minimum absolute atomic E-state index is 0.115. The van der Waals surface area contributed by atoms with Gasteiger partial charge in [0.15, 0.2) is 6.23 Å². The second-order valence-electron chi connectivity index (χ2n) is 7.23. The quantitative estimate of drug-likeness (QED) is 0.804. The van der Waals surface area contributed by atoms with Crippen LogP contribution in [0.1, 0.15) is 44.3 Å². The molecular weight excluding hydrogens is 351 g/mol. The second kappa shape index (κ2) is 7.52. The first-order valence-electron chi connectivity index (χ1n) is 8.67. The zero-order valence-corrected chi connectivity index (χ0v) is 15.8. The van der Waals surface area contributed by atoms with Crippen LogP contribution in [0.25, 0.3) is 0 Å². The highest BCUT2D eigenvalue weighted by Gasteiger charge is 2.43. The van der Waals surface area contributed by atoms with Gasteiger partial charge in [0.2, 0.25) is 0 Å². The lowest BCUT2D eigenvalue weighted by Crippen LogP contribution is -2.38. The summed E-state index contributed by atoms with van der Waals surface area (Å²) in [5.41, 5.74) is 0.192. The second-order valence-corrected chi connectivity index (χ2v) is 7.23. The van der Waals surface area contributed by atoms with Crippen molar-refractivity contribution in [3.8, 4) is 5.75 Å². The number of benzene rings is 1. The van der Waals surface area contributed by atoms with Crippen LogP contribution >= 0.6 is 0 Å². The van der Waals surface area contributed by atoms with E-state index in [1.54, 1.807) is 52.1 Å². The van der Waals surface area contributed by atoms with Crippen LogP contribution in [0.5, 0.6) is 5.75 Å². The smallest absolute Gasteiger partial charge is 0.413 e. The molecule has 2 atom stereocenters. The molecule has 3 rings (SSSR count). The highest BCUT2D eigenvalue weighted by Crippen LogP contribution is 2.40. The summed E-state index contributed by atoms with van der Waals surface area (Å²) >= 11 is 0. The Morgan fingerprint density at radius 3 is 2.56 bits per heavy atom. The van der Waals surface area contributed by atoms with E-state index >= 15 is 0 Å². The Morgan fingerprint density at radius 1 is 1.26 bits per heavy atom. The summed E-state index contributed by atoms with van der Waals surface area (Å²) in [5.74, 6) is 0.197. The minimum atomic E-state index is -0.711. The van der Waals surface area contributed by atoms with Gasteiger partial charge in [-0.15, -0.1) is 0 Å². The number of hydrogen-bond donors (Lipinski definition) is 0. The number of amides is 1. The van der Waals surface area contributed by atoms with Gasteiger partial charge < -0.3 is 14.2 Å². The van der Waals surface area contributed by atoms with Crippen molar-refractivity contribution in [2.24, 2.45) is 0 Å². The van der Waals surface area contributed by atoms with Gasteiger partial charge in [0.05, 0.1) is 13.7 Å². The number of aromatic nitrogens is 1. The predicted molar refractivity (Wildman–Crippen MR) is 96.7 cm³/mol. The molecule has 0 radical (unpaired) electrons. The predicted octanol–water partition coefficient (Wildman–Crippen LogP) is 4.24. The van der Waals surface area contributed by atoms with Crippen molar-refractivity contribution in [3.05, 3.63) is 59.7 Å². The molecule has 0 saturated carbocycles. The Hall–Kier alpha value is -2.67. The van der Waals surface area contributed by atoms with Crippen LogP contribution in [0, 0.1) is 5.82 Å². The van der Waals surface area contributed by atoms with Crippen LogP contribution < -0.4 is 4.74 Å². The van der Waals surface area contributed by atoms with E-state index in [4.69, 9.17) is 14.2 Å². The first-order chi connectivity index (χ1) is 12.8. The molecule has 1 fully saturated rings. The normalized spacial score (nSPS) is 19.8. The Morgan fingerprint density at radius 2 is 1.96 bits per heavy atom. The molecule has 0 unspecified atom stereocenters. The number of carbonyl (C=O) groups excluding carboxylic acids is 1. The van der Waals surface area contributed by atoms with Crippen molar-refractivity contribution < 1.29 is 23.4 Å². The molecule has 0 bridgehead atoms. The SMILES string of the molecule is COc1ccc([C@H]2OC[C@H](c3ncccc3F)N2C(=O)OC(C)(C)C)cc1. The van der Waals surface area contributed by atoms with E-state index < -0.39 is 29.8 Å². The summed E-state index contributed by atoms with van der Waals surface area (Å²) in [6.07, 6.45) is 0.194. The third kappa shape index (κ3) is 4.19. The Balaban J connectivity index is 1.97. The monoisotopic (exact) mass is 374 g/mol. The standard InChI is InChI=1S/C20H23FN2O4/c1-20(2,3)27-19(24)23-16(17-15(21)6-5-11-22-17)12-26-18(23)13-7-9-14(25-4)10-8-13/h5-11,16,18H,12H2,1-4H3/t16-,18-/m1/s1. The van der Waals surface area contributed by atoms with E-state index in [1.807, 2.05) is 0 Å². The van der Waals surface area contributed by atoms with E-state index in [1.165, 1.54) is 23.2 Å². The Kier molecular flexibility index (Phi) is 5.32. The lowest BCUT2D eigenvalue weighted by Gasteiger charge is -2.31. The first-order valence-corrected chi connectivity index (χ1v) is 8.67. The van der Waals surface area contributed by atoms with Crippen molar-refractivity contribution in [3.63, 3.8) is 0 Å². The zero-order valence-electron chi connectivity index (χ0n) is 15.8. The average molecular weight is 374 g/mol. The lowest BCUT2D eigenvalue weighted by atomic mass is 10.1. The van der Waals surface area contributed by atoms with Crippen molar-refractivity contribution in [1.82, 2.24) is 9.88 Å². The number of halogens is 1. The molecule has 1 aliphatic heterocycles. The van der Waals surface area contributed by atoms with E-state index in [9.17, 15) is 9.18 Å². The number of carbonyl (C=O) groups is 1. The number of ether oxygens (including phenoxy) is 3. The van der Waals surface area contributed by atoms with Crippen molar-refractivity contribution in [2.45, 2.75) is 38.6 Å². The molecule has 7 heteroatoms. The van der Waals surface area contributed by atoms with Crippen LogP contribution in [-0.2, 0) is 9.47 Å². The molecule has 27 heavy (non-hydrogen) atoms. The van der Waals surface area contributed by atoms with E-state index in [0.29, 0.717) is 5.75 Å². The number of methoxy groups -OCH3 is 1. The summed E-state index contributed by atoms with van der Waals surface area (Å²) in [7, 11) is 1.58. The first kappa shape index (κ1) is 19.1. The molecule has 1 amide bonds. The largest absolute Gasteiger partial charge is 0.497 e. The molecule has 0 N–H and O–H groups in total. The van der Waals surface area contributed by atoms with E-state index in [2.05, 4.69) is 4.98 Å². The lowest BCUT2D eigenvalue weighted by molar-refractivity contribution is -0.0145. The van der Waals surface area contributed by atoms with Crippen molar-refractivity contribution in [2.75, 3.05) is 13.7 Å². The van der Waals surface area contributed by atoms with Gasteiger partial charge >= 0.3 is 6.09 Å². The van der Waals surface area contributed by atoms with Crippen molar-refractivity contribution in [1.29, 1.82) is 0 Å². The number of nitrogens with zero attached hydrogens (tertiary/aromatic N) is 2. The Labute approximate surface area is 157 Å². The van der Waals surface area contributed by atoms with Crippen LogP contribution in [0.15, 0.2) is 42.6 Å². The van der Waals surface area contributed by atoms with Crippen LogP contribution in [-0.4, -0.2) is 35.3 Å². The molecule has 1 aromatic carbocycles. The molecular formula is C20H23FN2O4. The van der Waals surface area contributed by atoms with Gasteiger partial charge in [-0.05, 0) is 45.0 Å². The van der Waals surface area contributed by atoms with Crippen LogP contribution in [0.3, 0.4) is 0 Å². The molecule has 0 aliphatic carbocycles. The molecule has 1 saturated heterocycles. The molecule has 1 aromatic heterocycles. The van der Waals surface area contributed by atoms with Gasteiger partial charge in [-0.2, -0.15) is 0 Å². The highest BCUT2D eigenvalue weighted by atomic mass is 19.1. The van der Waals surface area contributed by atoms with Gasteiger partial charge in [0.25, 0.3) is 0 Å². The molecule has 1 aliphatic rings. The molecule has 2 heterocycles. The molecule has 2 aromatic rings. The summed E-state index contributed by atoms with van der Waals surface area (Å²) in [5, 5.41) is 0. The number of hydrogen-bond acceptors (Lipinski definition) is 5. The van der Waals surface area contributed by atoms with Crippen molar-refractivity contribution >= 4 is 6.09 Å². The maximum Gasteiger partial charge on any atom is 0.413 e. The number of pyridine rings is 1. The summed E-state index contributed by atoms with van der Waals surface area (Å²) in [6.45, 7) is 5.45. The zero-order chi connectivity index (χ0) is 19.6. The third-order valence-corrected chi connectivity index (χ3v) is 4.11. The van der Waals surface area contributed by atoms with Gasteiger partial charge in [-0.25, -0.2) is 9.18 Å². The maximum atomic E-state index is 14.3. The topological polar surface area (TPSA) is 60.9 Å². The molecule has 6 nitrogen and oxygen atoms in total. The van der Waals surface area contributed by atoms with Gasteiger partial charge in [-0.3, -0.25) is 9.88 Å². The third-order valence-electron chi connectivity index (χ3n) is 4.11. The van der Waals surface area contributed by atoms with Gasteiger partial charge in [0, 0.05) is 11.8 Å². The maximum absolute atomic E-state index is 14.3.